The second-order valence-corrected chi connectivity index (χ2v) is 4.01. The summed E-state index contributed by atoms with van der Waals surface area (Å²) in [5, 5.41) is 8.84. The zero-order chi connectivity index (χ0) is 10.4. The standard InChI is InChI=1S/C11H13BrO2/c1-9(12)8-14-11-5-3-2-4-10(11)6-7-13/h2-5,13H,1,6-8H2. The van der Waals surface area contributed by atoms with Crippen LogP contribution in [0.5, 0.6) is 5.75 Å². The van der Waals surface area contributed by atoms with Gasteiger partial charge >= 0.3 is 0 Å². The van der Waals surface area contributed by atoms with Crippen molar-refractivity contribution in [2.45, 2.75) is 6.42 Å². The van der Waals surface area contributed by atoms with Crippen LogP contribution in [0.4, 0.5) is 0 Å². The number of halogens is 1. The third kappa shape index (κ3) is 3.52. The molecular formula is C11H13BrO2. The summed E-state index contributed by atoms with van der Waals surface area (Å²) < 4.78 is 6.30. The topological polar surface area (TPSA) is 29.5 Å². The van der Waals surface area contributed by atoms with E-state index >= 15 is 0 Å². The second kappa shape index (κ2) is 5.83. The largest absolute Gasteiger partial charge is 0.488 e. The molecule has 0 aromatic heterocycles. The zero-order valence-electron chi connectivity index (χ0n) is 7.87. The molecule has 76 valence electrons. The van der Waals surface area contributed by atoms with Crippen LogP contribution < -0.4 is 4.74 Å². The molecule has 0 aliphatic heterocycles. The van der Waals surface area contributed by atoms with Crippen LogP contribution in [0.15, 0.2) is 35.3 Å². The molecule has 0 aliphatic carbocycles. The van der Waals surface area contributed by atoms with E-state index in [1.54, 1.807) is 0 Å². The minimum Gasteiger partial charge on any atom is -0.488 e. The fourth-order valence-electron chi connectivity index (χ4n) is 1.13. The molecule has 3 heteroatoms. The molecule has 1 aromatic carbocycles. The van der Waals surface area contributed by atoms with Crippen LogP contribution in [0, 0.1) is 0 Å². The molecule has 0 amide bonds. The van der Waals surface area contributed by atoms with Crippen molar-refractivity contribution in [1.29, 1.82) is 0 Å². The van der Waals surface area contributed by atoms with Crippen molar-refractivity contribution in [3.8, 4) is 5.75 Å². The minimum absolute atomic E-state index is 0.135. The molecule has 1 N–H and O–H groups in total. The monoisotopic (exact) mass is 256 g/mol. The Balaban J connectivity index is 2.68. The van der Waals surface area contributed by atoms with Crippen LogP contribution in [-0.4, -0.2) is 18.3 Å². The molecule has 0 heterocycles. The van der Waals surface area contributed by atoms with Crippen molar-refractivity contribution in [3.05, 3.63) is 40.9 Å². The minimum atomic E-state index is 0.135. The van der Waals surface area contributed by atoms with Crippen molar-refractivity contribution < 1.29 is 9.84 Å². The Morgan fingerprint density at radius 1 is 1.43 bits per heavy atom. The number of ether oxygens (including phenoxy) is 1. The summed E-state index contributed by atoms with van der Waals surface area (Å²) in [5.74, 6) is 0.808. The van der Waals surface area contributed by atoms with Crippen molar-refractivity contribution >= 4 is 15.9 Å². The van der Waals surface area contributed by atoms with Crippen LogP contribution in [0.2, 0.25) is 0 Å². The Bertz CT molecular complexity index is 310. The van der Waals surface area contributed by atoms with E-state index in [1.165, 1.54) is 0 Å². The molecule has 0 spiro atoms. The Hall–Kier alpha value is -0.800. The van der Waals surface area contributed by atoms with Gasteiger partial charge in [0.25, 0.3) is 0 Å². The number of rotatable bonds is 5. The summed E-state index contributed by atoms with van der Waals surface area (Å²) in [7, 11) is 0. The normalized spacial score (nSPS) is 9.86. The molecule has 0 aliphatic rings. The third-order valence-electron chi connectivity index (χ3n) is 1.74. The van der Waals surface area contributed by atoms with Gasteiger partial charge in [-0.1, -0.05) is 40.7 Å². The molecule has 0 saturated carbocycles. The lowest BCUT2D eigenvalue weighted by Gasteiger charge is -2.09. The van der Waals surface area contributed by atoms with E-state index in [0.29, 0.717) is 13.0 Å². The lowest BCUT2D eigenvalue weighted by atomic mass is 10.1. The van der Waals surface area contributed by atoms with Crippen LogP contribution >= 0.6 is 15.9 Å². The van der Waals surface area contributed by atoms with Crippen molar-refractivity contribution in [2.24, 2.45) is 0 Å². The van der Waals surface area contributed by atoms with Gasteiger partial charge in [-0.2, -0.15) is 0 Å². The summed E-state index contributed by atoms with van der Waals surface area (Å²) in [5.41, 5.74) is 1.02. The average molecular weight is 257 g/mol. The molecule has 0 bridgehead atoms. The lowest BCUT2D eigenvalue weighted by Crippen LogP contribution is -2.00. The number of benzene rings is 1. The lowest BCUT2D eigenvalue weighted by molar-refractivity contribution is 0.294. The summed E-state index contributed by atoms with van der Waals surface area (Å²) >= 11 is 3.23. The summed E-state index contributed by atoms with van der Waals surface area (Å²) in [4.78, 5) is 0. The smallest absolute Gasteiger partial charge is 0.123 e. The van der Waals surface area contributed by atoms with Gasteiger partial charge in [0.05, 0.1) is 0 Å². The number of hydrogen-bond acceptors (Lipinski definition) is 2. The van der Waals surface area contributed by atoms with Gasteiger partial charge in [0, 0.05) is 11.1 Å². The molecule has 1 aromatic rings. The third-order valence-corrected chi connectivity index (χ3v) is 1.97. The fourth-order valence-corrected chi connectivity index (χ4v) is 1.24. The molecule has 0 unspecified atom stereocenters. The molecule has 0 atom stereocenters. The maximum absolute atomic E-state index is 8.84. The van der Waals surface area contributed by atoms with Gasteiger partial charge in [-0.3, -0.25) is 0 Å². The van der Waals surface area contributed by atoms with E-state index in [0.717, 1.165) is 15.8 Å². The van der Waals surface area contributed by atoms with E-state index in [9.17, 15) is 0 Å². The van der Waals surface area contributed by atoms with Gasteiger partial charge in [-0.25, -0.2) is 0 Å². The molecule has 2 nitrogen and oxygen atoms in total. The summed E-state index contributed by atoms with van der Waals surface area (Å²) in [6, 6.07) is 7.68. The van der Waals surface area contributed by atoms with Gasteiger partial charge in [-0.15, -0.1) is 0 Å². The first-order chi connectivity index (χ1) is 6.74. The van der Waals surface area contributed by atoms with Crippen LogP contribution in [-0.2, 0) is 6.42 Å². The van der Waals surface area contributed by atoms with E-state index in [2.05, 4.69) is 22.5 Å². The van der Waals surface area contributed by atoms with Crippen molar-refractivity contribution in [2.75, 3.05) is 13.2 Å². The van der Waals surface area contributed by atoms with E-state index < -0.39 is 0 Å². The van der Waals surface area contributed by atoms with E-state index in [4.69, 9.17) is 9.84 Å². The highest BCUT2D eigenvalue weighted by molar-refractivity contribution is 9.11. The number of aliphatic hydroxyl groups is 1. The van der Waals surface area contributed by atoms with E-state index in [-0.39, 0.29) is 6.61 Å². The average Bonchev–Trinajstić information content (AvgIpc) is 2.17. The number of aliphatic hydroxyl groups excluding tert-OH is 1. The number of hydrogen-bond donors (Lipinski definition) is 1. The highest BCUT2D eigenvalue weighted by Crippen LogP contribution is 2.19. The van der Waals surface area contributed by atoms with Crippen LogP contribution in [0.1, 0.15) is 5.56 Å². The maximum atomic E-state index is 8.84. The van der Waals surface area contributed by atoms with Gasteiger partial charge in [0.2, 0.25) is 0 Å². The molecule has 14 heavy (non-hydrogen) atoms. The van der Waals surface area contributed by atoms with Crippen molar-refractivity contribution in [1.82, 2.24) is 0 Å². The highest BCUT2D eigenvalue weighted by atomic mass is 79.9. The first kappa shape index (κ1) is 11.3. The molecule has 1 rings (SSSR count). The quantitative estimate of drug-likeness (QED) is 0.878. The molecule has 0 saturated heterocycles. The fraction of sp³-hybridized carbons (Fsp3) is 0.273. The second-order valence-electron chi connectivity index (χ2n) is 2.89. The van der Waals surface area contributed by atoms with E-state index in [1.807, 2.05) is 24.3 Å². The molecular weight excluding hydrogens is 244 g/mol. The Kier molecular flexibility index (Phi) is 4.70. The Labute approximate surface area is 92.3 Å². The summed E-state index contributed by atoms with van der Waals surface area (Å²) in [6.07, 6.45) is 0.616. The van der Waals surface area contributed by atoms with Crippen molar-refractivity contribution in [3.63, 3.8) is 0 Å². The highest BCUT2D eigenvalue weighted by Gasteiger charge is 2.01. The molecule has 0 fully saturated rings. The van der Waals surface area contributed by atoms with Gasteiger partial charge in [-0.05, 0) is 18.1 Å². The van der Waals surface area contributed by atoms with Crippen LogP contribution in [0.3, 0.4) is 0 Å². The van der Waals surface area contributed by atoms with Gasteiger partial charge in [0.15, 0.2) is 0 Å². The predicted octanol–water partition coefficient (Wildman–Crippen LogP) is 2.51. The van der Waals surface area contributed by atoms with Gasteiger partial charge < -0.3 is 9.84 Å². The molecule has 0 radical (unpaired) electrons. The summed E-state index contributed by atoms with van der Waals surface area (Å²) in [6.45, 7) is 4.27. The predicted molar refractivity (Wildman–Crippen MR) is 60.8 cm³/mol. The number of para-hydroxylation sites is 1. The Morgan fingerprint density at radius 2 is 2.14 bits per heavy atom. The first-order valence-corrected chi connectivity index (χ1v) is 5.18. The Morgan fingerprint density at radius 3 is 2.79 bits per heavy atom. The zero-order valence-corrected chi connectivity index (χ0v) is 9.46. The van der Waals surface area contributed by atoms with Gasteiger partial charge in [0.1, 0.15) is 12.4 Å². The SMILES string of the molecule is C=C(Br)COc1ccccc1CCO. The first-order valence-electron chi connectivity index (χ1n) is 4.39. The van der Waals surface area contributed by atoms with Crippen LogP contribution in [0.25, 0.3) is 0 Å². The maximum Gasteiger partial charge on any atom is 0.123 e.